The second-order valence-corrected chi connectivity index (χ2v) is 6.43. The van der Waals surface area contributed by atoms with Crippen molar-refractivity contribution < 1.29 is 14.1 Å². The summed E-state index contributed by atoms with van der Waals surface area (Å²) >= 11 is 0. The van der Waals surface area contributed by atoms with Crippen molar-refractivity contribution in [2.75, 3.05) is 23.9 Å². The van der Waals surface area contributed by atoms with Gasteiger partial charge < -0.3 is 19.5 Å². The SMILES string of the molecule is COc1cc(-c2noc(CN3CCC(=O)Nc4ccccc43)n2)ccc1C. The highest BCUT2D eigenvalue weighted by Gasteiger charge is 2.21. The highest BCUT2D eigenvalue weighted by Crippen LogP contribution is 2.30. The van der Waals surface area contributed by atoms with Crippen molar-refractivity contribution in [3.05, 3.63) is 53.9 Å². The highest BCUT2D eigenvalue weighted by molar-refractivity contribution is 5.96. The van der Waals surface area contributed by atoms with Gasteiger partial charge in [-0.1, -0.05) is 29.4 Å². The maximum atomic E-state index is 11.9. The molecule has 7 nitrogen and oxygen atoms in total. The van der Waals surface area contributed by atoms with Crippen LogP contribution in [0.25, 0.3) is 11.4 Å². The maximum absolute atomic E-state index is 11.9. The molecular formula is C20H20N4O3. The van der Waals surface area contributed by atoms with Crippen LogP contribution in [0.15, 0.2) is 47.0 Å². The maximum Gasteiger partial charge on any atom is 0.246 e. The number of ether oxygens (including phenoxy) is 1. The van der Waals surface area contributed by atoms with Crippen LogP contribution in [0.4, 0.5) is 11.4 Å². The minimum Gasteiger partial charge on any atom is -0.496 e. The third-order valence-electron chi connectivity index (χ3n) is 4.59. The summed E-state index contributed by atoms with van der Waals surface area (Å²) in [5, 5.41) is 7.03. The summed E-state index contributed by atoms with van der Waals surface area (Å²) in [6, 6.07) is 13.5. The van der Waals surface area contributed by atoms with Crippen LogP contribution in [0.1, 0.15) is 17.9 Å². The number of aryl methyl sites for hydroxylation is 1. The van der Waals surface area contributed by atoms with Crippen LogP contribution >= 0.6 is 0 Å². The molecule has 4 rings (SSSR count). The van der Waals surface area contributed by atoms with Gasteiger partial charge in [-0.05, 0) is 30.7 Å². The molecule has 0 saturated carbocycles. The van der Waals surface area contributed by atoms with Crippen LogP contribution in [-0.2, 0) is 11.3 Å². The Morgan fingerprint density at radius 3 is 2.96 bits per heavy atom. The minimum absolute atomic E-state index is 0.00270. The van der Waals surface area contributed by atoms with E-state index in [4.69, 9.17) is 9.26 Å². The van der Waals surface area contributed by atoms with Crippen LogP contribution in [0.2, 0.25) is 0 Å². The lowest BCUT2D eigenvalue weighted by molar-refractivity contribution is -0.115. The van der Waals surface area contributed by atoms with Crippen molar-refractivity contribution in [2.45, 2.75) is 19.9 Å². The van der Waals surface area contributed by atoms with Gasteiger partial charge >= 0.3 is 0 Å². The molecule has 0 radical (unpaired) electrons. The quantitative estimate of drug-likeness (QED) is 0.764. The van der Waals surface area contributed by atoms with E-state index in [1.807, 2.05) is 49.4 Å². The van der Waals surface area contributed by atoms with Crippen molar-refractivity contribution in [1.82, 2.24) is 10.1 Å². The molecule has 27 heavy (non-hydrogen) atoms. The van der Waals surface area contributed by atoms with E-state index in [-0.39, 0.29) is 5.91 Å². The molecular weight excluding hydrogens is 344 g/mol. The van der Waals surface area contributed by atoms with E-state index in [0.717, 1.165) is 28.3 Å². The normalized spacial score (nSPS) is 13.7. The first kappa shape index (κ1) is 17.1. The average Bonchev–Trinajstić information content (AvgIpc) is 3.08. The summed E-state index contributed by atoms with van der Waals surface area (Å²) in [6.45, 7) is 3.00. The number of aromatic nitrogens is 2. The van der Waals surface area contributed by atoms with Gasteiger partial charge in [-0.15, -0.1) is 0 Å². The Labute approximate surface area is 156 Å². The van der Waals surface area contributed by atoms with Gasteiger partial charge in [-0.3, -0.25) is 4.79 Å². The van der Waals surface area contributed by atoms with E-state index in [0.29, 0.717) is 31.2 Å². The number of nitrogens with one attached hydrogen (secondary N) is 1. The molecule has 0 spiro atoms. The Morgan fingerprint density at radius 2 is 2.11 bits per heavy atom. The zero-order valence-electron chi connectivity index (χ0n) is 15.2. The second kappa shape index (κ2) is 7.11. The average molecular weight is 364 g/mol. The van der Waals surface area contributed by atoms with E-state index in [1.54, 1.807) is 7.11 Å². The first-order chi connectivity index (χ1) is 13.1. The van der Waals surface area contributed by atoms with Crippen molar-refractivity contribution in [3.8, 4) is 17.1 Å². The molecule has 0 bridgehead atoms. The standard InChI is InChI=1S/C20H20N4O3/c1-13-7-8-14(11-17(13)26-2)20-22-19(27-23-20)12-24-10-9-18(25)21-15-5-3-4-6-16(15)24/h3-8,11H,9-10,12H2,1-2H3,(H,21,25). The molecule has 1 aliphatic heterocycles. The van der Waals surface area contributed by atoms with Crippen LogP contribution in [0.5, 0.6) is 5.75 Å². The first-order valence-corrected chi connectivity index (χ1v) is 8.75. The Bertz CT molecular complexity index is 983. The van der Waals surface area contributed by atoms with Gasteiger partial charge in [-0.25, -0.2) is 0 Å². The van der Waals surface area contributed by atoms with E-state index in [9.17, 15) is 4.79 Å². The number of amides is 1. The molecule has 2 heterocycles. The topological polar surface area (TPSA) is 80.5 Å². The lowest BCUT2D eigenvalue weighted by atomic mass is 10.1. The zero-order chi connectivity index (χ0) is 18.8. The lowest BCUT2D eigenvalue weighted by Crippen LogP contribution is -2.24. The summed E-state index contributed by atoms with van der Waals surface area (Å²) in [6.07, 6.45) is 0.408. The number of carbonyl (C=O) groups excluding carboxylic acids is 1. The molecule has 3 aromatic rings. The predicted molar refractivity (Wildman–Crippen MR) is 102 cm³/mol. The Kier molecular flexibility index (Phi) is 4.50. The number of carbonyl (C=O) groups is 1. The molecule has 0 aliphatic carbocycles. The van der Waals surface area contributed by atoms with E-state index in [2.05, 4.69) is 20.4 Å². The Balaban J connectivity index is 1.59. The number of methoxy groups -OCH3 is 1. The van der Waals surface area contributed by atoms with Crippen LogP contribution in [0.3, 0.4) is 0 Å². The number of nitrogens with zero attached hydrogens (tertiary/aromatic N) is 3. The number of hydrogen-bond donors (Lipinski definition) is 1. The van der Waals surface area contributed by atoms with E-state index < -0.39 is 0 Å². The van der Waals surface area contributed by atoms with Crippen LogP contribution < -0.4 is 15.0 Å². The molecule has 0 unspecified atom stereocenters. The van der Waals surface area contributed by atoms with Gasteiger partial charge in [0.15, 0.2) is 0 Å². The molecule has 0 atom stereocenters. The summed E-state index contributed by atoms with van der Waals surface area (Å²) in [7, 11) is 1.64. The second-order valence-electron chi connectivity index (χ2n) is 6.43. The minimum atomic E-state index is 0.00270. The Morgan fingerprint density at radius 1 is 1.26 bits per heavy atom. The molecule has 138 valence electrons. The van der Waals surface area contributed by atoms with Gasteiger partial charge in [0.2, 0.25) is 17.6 Å². The molecule has 2 aromatic carbocycles. The predicted octanol–water partition coefficient (Wildman–Crippen LogP) is 3.40. The van der Waals surface area contributed by atoms with Crippen molar-refractivity contribution >= 4 is 17.3 Å². The number of hydrogen-bond acceptors (Lipinski definition) is 6. The third-order valence-corrected chi connectivity index (χ3v) is 4.59. The largest absolute Gasteiger partial charge is 0.496 e. The van der Waals surface area contributed by atoms with Crippen LogP contribution in [-0.4, -0.2) is 29.7 Å². The monoisotopic (exact) mass is 364 g/mol. The number of anilines is 2. The van der Waals surface area contributed by atoms with E-state index in [1.165, 1.54) is 0 Å². The smallest absolute Gasteiger partial charge is 0.246 e. The number of fused-ring (bicyclic) bond motifs is 1. The van der Waals surface area contributed by atoms with Crippen molar-refractivity contribution in [1.29, 1.82) is 0 Å². The van der Waals surface area contributed by atoms with Gasteiger partial charge in [0.25, 0.3) is 0 Å². The van der Waals surface area contributed by atoms with Crippen molar-refractivity contribution in [3.63, 3.8) is 0 Å². The fourth-order valence-corrected chi connectivity index (χ4v) is 3.15. The van der Waals surface area contributed by atoms with Crippen molar-refractivity contribution in [2.24, 2.45) is 0 Å². The number of rotatable bonds is 4. The van der Waals surface area contributed by atoms with Gasteiger partial charge in [0.1, 0.15) is 5.75 Å². The molecule has 0 saturated heterocycles. The van der Waals surface area contributed by atoms with E-state index >= 15 is 0 Å². The lowest BCUT2D eigenvalue weighted by Gasteiger charge is -2.21. The molecule has 1 N–H and O–H groups in total. The zero-order valence-corrected chi connectivity index (χ0v) is 15.2. The summed E-state index contributed by atoms with van der Waals surface area (Å²) in [4.78, 5) is 18.5. The molecule has 1 amide bonds. The summed E-state index contributed by atoms with van der Waals surface area (Å²) < 4.78 is 10.8. The molecule has 1 aromatic heterocycles. The number of para-hydroxylation sites is 2. The molecule has 0 fully saturated rings. The fraction of sp³-hybridized carbons (Fsp3) is 0.250. The molecule has 7 heteroatoms. The Hall–Kier alpha value is -3.35. The van der Waals surface area contributed by atoms with Gasteiger partial charge in [0, 0.05) is 18.5 Å². The number of benzene rings is 2. The van der Waals surface area contributed by atoms with Crippen LogP contribution in [0, 0.1) is 6.92 Å². The first-order valence-electron chi connectivity index (χ1n) is 8.75. The summed E-state index contributed by atoms with van der Waals surface area (Å²) in [5.41, 5.74) is 3.62. The van der Waals surface area contributed by atoms with Gasteiger partial charge in [-0.2, -0.15) is 4.98 Å². The third kappa shape index (κ3) is 3.48. The highest BCUT2D eigenvalue weighted by atomic mass is 16.5. The fourth-order valence-electron chi connectivity index (χ4n) is 3.15. The van der Waals surface area contributed by atoms with Gasteiger partial charge in [0.05, 0.1) is 25.0 Å². The summed E-state index contributed by atoms with van der Waals surface area (Å²) in [5.74, 6) is 1.79. The molecule has 1 aliphatic rings.